The molecule has 11 heterocycles. The Labute approximate surface area is 305 Å². The standard InChI is InChI=1S/C36H36N6S6/c1-7-25(43-13-1)19-37-31-32-38(20-26-8-2-14-44-26)35(37)36-39(21-27-9-3-15-45-27)33(41(31)23-29-11-5-17-47-29)34(40(36)22-28-10-4-16-46-28)42(32)24-30-12-6-18-48-30/h1-18,31-36H,19-24H2. The van der Waals surface area contributed by atoms with Gasteiger partial charge in [0.05, 0.1) is 37.0 Å². The van der Waals surface area contributed by atoms with Crippen molar-refractivity contribution in [2.75, 3.05) is 0 Å². The van der Waals surface area contributed by atoms with Crippen molar-refractivity contribution >= 4 is 68.0 Å². The fourth-order valence-corrected chi connectivity index (χ4v) is 13.0. The topological polar surface area (TPSA) is 19.4 Å². The van der Waals surface area contributed by atoms with Crippen LogP contribution < -0.4 is 0 Å². The van der Waals surface area contributed by atoms with E-state index in [2.05, 4.69) is 134 Å². The van der Waals surface area contributed by atoms with Crippen LogP contribution in [0.5, 0.6) is 0 Å². The minimum Gasteiger partial charge on any atom is -0.262 e. The van der Waals surface area contributed by atoms with Crippen LogP contribution in [0, 0.1) is 0 Å². The van der Waals surface area contributed by atoms with Gasteiger partial charge in [-0.25, -0.2) is 0 Å². The van der Waals surface area contributed by atoms with Crippen LogP contribution in [0.4, 0.5) is 0 Å². The van der Waals surface area contributed by atoms with E-state index in [0.29, 0.717) is 0 Å². The molecule has 12 heteroatoms. The Kier molecular flexibility index (Phi) is 8.29. The third-order valence-electron chi connectivity index (χ3n) is 10.4. The lowest BCUT2D eigenvalue weighted by atomic mass is 10.1. The van der Waals surface area contributed by atoms with Crippen molar-refractivity contribution in [3.8, 4) is 0 Å². The Morgan fingerprint density at radius 1 is 0.292 bits per heavy atom. The van der Waals surface area contributed by atoms with E-state index in [-0.39, 0.29) is 37.0 Å². The van der Waals surface area contributed by atoms with Crippen LogP contribution in [0.15, 0.2) is 105 Å². The molecule has 0 spiro atoms. The van der Waals surface area contributed by atoms with Gasteiger partial charge in [-0.15, -0.1) is 68.0 Å². The average molecular weight is 745 g/mol. The maximum absolute atomic E-state index is 2.93. The van der Waals surface area contributed by atoms with Crippen molar-refractivity contribution in [2.45, 2.75) is 76.3 Å². The van der Waals surface area contributed by atoms with Crippen LogP contribution in [0.3, 0.4) is 0 Å². The van der Waals surface area contributed by atoms with Gasteiger partial charge in [-0.05, 0) is 68.7 Å². The van der Waals surface area contributed by atoms with E-state index in [1.165, 1.54) is 29.3 Å². The summed E-state index contributed by atoms with van der Waals surface area (Å²) in [6.07, 6.45) is 1.52. The molecule has 6 bridgehead atoms. The summed E-state index contributed by atoms with van der Waals surface area (Å²) in [6.45, 7) is 5.79. The predicted molar refractivity (Wildman–Crippen MR) is 202 cm³/mol. The summed E-state index contributed by atoms with van der Waals surface area (Å²) in [4.78, 5) is 26.3. The molecule has 0 aromatic carbocycles. The molecule has 0 N–H and O–H groups in total. The monoisotopic (exact) mass is 744 g/mol. The van der Waals surface area contributed by atoms with E-state index in [1.807, 2.05) is 68.0 Å². The first kappa shape index (κ1) is 30.8. The number of nitrogens with zero attached hydrogens (tertiary/aromatic N) is 6. The van der Waals surface area contributed by atoms with Crippen molar-refractivity contribution in [3.63, 3.8) is 0 Å². The third-order valence-corrected chi connectivity index (χ3v) is 15.6. The van der Waals surface area contributed by atoms with E-state index in [0.717, 1.165) is 39.3 Å². The lowest BCUT2D eigenvalue weighted by Crippen LogP contribution is -2.73. The average Bonchev–Trinajstić information content (AvgIpc) is 3.94. The zero-order valence-electron chi connectivity index (χ0n) is 26.2. The zero-order chi connectivity index (χ0) is 31.6. The quantitative estimate of drug-likeness (QED) is 0.125. The van der Waals surface area contributed by atoms with Gasteiger partial charge in [0.15, 0.2) is 0 Å². The molecule has 0 saturated carbocycles. The van der Waals surface area contributed by atoms with Crippen LogP contribution in [-0.2, 0) is 39.3 Å². The smallest absolute Gasteiger partial charge is 0.0955 e. The van der Waals surface area contributed by atoms with Crippen LogP contribution in [0.2, 0.25) is 0 Å². The molecule has 5 aliphatic heterocycles. The van der Waals surface area contributed by atoms with Gasteiger partial charge in [0.25, 0.3) is 0 Å². The van der Waals surface area contributed by atoms with Gasteiger partial charge < -0.3 is 0 Å². The highest BCUT2D eigenvalue weighted by Crippen LogP contribution is 2.54. The lowest BCUT2D eigenvalue weighted by molar-refractivity contribution is -0.165. The van der Waals surface area contributed by atoms with E-state index in [9.17, 15) is 0 Å². The molecule has 0 amide bonds. The van der Waals surface area contributed by atoms with Gasteiger partial charge in [-0.2, -0.15) is 0 Å². The number of rotatable bonds is 12. The highest BCUT2D eigenvalue weighted by atomic mass is 32.1. The van der Waals surface area contributed by atoms with Gasteiger partial charge in [-0.1, -0.05) is 36.4 Å². The lowest BCUT2D eigenvalue weighted by Gasteiger charge is -2.55. The Morgan fingerprint density at radius 3 is 0.583 bits per heavy atom. The van der Waals surface area contributed by atoms with E-state index in [1.54, 1.807) is 0 Å². The molecule has 6 nitrogen and oxygen atoms in total. The molecule has 5 saturated heterocycles. The van der Waals surface area contributed by atoms with E-state index >= 15 is 0 Å². The maximum atomic E-state index is 2.93. The summed E-state index contributed by atoms with van der Waals surface area (Å²) >= 11 is 11.4. The van der Waals surface area contributed by atoms with Crippen LogP contribution in [-0.4, -0.2) is 66.4 Å². The first-order valence-corrected chi connectivity index (χ1v) is 21.8. The summed E-state index contributed by atoms with van der Waals surface area (Å²) in [5.74, 6) is 0. The van der Waals surface area contributed by atoms with Crippen molar-refractivity contribution < 1.29 is 0 Å². The van der Waals surface area contributed by atoms with E-state index in [4.69, 9.17) is 0 Å². The van der Waals surface area contributed by atoms with Gasteiger partial charge in [-0.3, -0.25) is 29.4 Å². The number of hydrogen-bond donors (Lipinski definition) is 0. The molecule has 5 aliphatic rings. The van der Waals surface area contributed by atoms with Crippen molar-refractivity contribution in [2.24, 2.45) is 0 Å². The van der Waals surface area contributed by atoms with Gasteiger partial charge in [0.2, 0.25) is 0 Å². The molecule has 6 aromatic rings. The molecule has 0 unspecified atom stereocenters. The van der Waals surface area contributed by atoms with Gasteiger partial charge in [0, 0.05) is 68.5 Å². The maximum Gasteiger partial charge on any atom is 0.0955 e. The Morgan fingerprint density at radius 2 is 0.458 bits per heavy atom. The molecule has 48 heavy (non-hydrogen) atoms. The largest absolute Gasteiger partial charge is 0.262 e. The molecule has 0 radical (unpaired) electrons. The molecule has 246 valence electrons. The van der Waals surface area contributed by atoms with E-state index < -0.39 is 0 Å². The second kappa shape index (κ2) is 12.9. The number of thiophene rings is 6. The molecular weight excluding hydrogens is 709 g/mol. The van der Waals surface area contributed by atoms with Crippen LogP contribution in [0.25, 0.3) is 0 Å². The molecule has 11 rings (SSSR count). The number of piperazine rings is 1. The fourth-order valence-electron chi connectivity index (χ4n) is 8.75. The minimum absolute atomic E-state index is 0.235. The van der Waals surface area contributed by atoms with Crippen molar-refractivity contribution in [1.82, 2.24) is 29.4 Å². The highest BCUT2D eigenvalue weighted by molar-refractivity contribution is 7.11. The van der Waals surface area contributed by atoms with Crippen molar-refractivity contribution in [1.29, 1.82) is 0 Å². The van der Waals surface area contributed by atoms with Crippen molar-refractivity contribution in [3.05, 3.63) is 134 Å². The summed E-state index contributed by atoms with van der Waals surface area (Å²) in [7, 11) is 0. The Bertz CT molecular complexity index is 1630. The first-order chi connectivity index (χ1) is 23.8. The van der Waals surface area contributed by atoms with Gasteiger partial charge >= 0.3 is 0 Å². The summed E-state index contributed by atoms with van der Waals surface area (Å²) in [6, 6.07) is 27.5. The predicted octanol–water partition coefficient (Wildman–Crippen LogP) is 8.38. The zero-order valence-corrected chi connectivity index (χ0v) is 31.1. The Hall–Kier alpha value is -2.04. The second-order valence-corrected chi connectivity index (χ2v) is 19.2. The van der Waals surface area contributed by atoms with Crippen LogP contribution >= 0.6 is 68.0 Å². The van der Waals surface area contributed by atoms with Gasteiger partial charge in [0.1, 0.15) is 0 Å². The van der Waals surface area contributed by atoms with Crippen LogP contribution in [0.1, 0.15) is 29.3 Å². The third kappa shape index (κ3) is 5.28. The SMILES string of the molecule is c1csc(CN2C3C4N(Cc5cccs5)C2C2N(Cc5cccs5)C(C(N2Cc2cccs2)N4Cc2cccs2)N3Cc2cccs2)c1. The molecular formula is C36H36N6S6. The summed E-state index contributed by atoms with van der Waals surface area (Å²) in [5, 5.41) is 13.5. The molecule has 0 atom stereocenters. The molecule has 5 fully saturated rings. The second-order valence-electron chi connectivity index (χ2n) is 13.0. The fraction of sp³-hybridized carbons (Fsp3) is 0.333. The summed E-state index contributed by atoms with van der Waals surface area (Å²) in [5.41, 5.74) is 0. The minimum atomic E-state index is 0.235. The first-order valence-electron chi connectivity index (χ1n) is 16.5. The normalized spacial score (nSPS) is 28.0. The highest BCUT2D eigenvalue weighted by Gasteiger charge is 2.71. The Balaban J connectivity index is 1.20. The molecule has 6 aromatic heterocycles. The number of hydrogen-bond acceptors (Lipinski definition) is 12. The summed E-state index contributed by atoms with van der Waals surface area (Å²) < 4.78 is 0. The molecule has 0 aliphatic carbocycles.